The van der Waals surface area contributed by atoms with Crippen molar-refractivity contribution in [2.45, 2.75) is 52.4 Å². The number of carbonyl (C=O) groups is 1. The van der Waals surface area contributed by atoms with Gasteiger partial charge in [0.25, 0.3) is 0 Å². The molecule has 0 N–H and O–H groups in total. The third kappa shape index (κ3) is 7.52. The predicted octanol–water partition coefficient (Wildman–Crippen LogP) is 3.49. The van der Waals surface area contributed by atoms with Gasteiger partial charge >= 0.3 is 0 Å². The molecule has 0 rings (SSSR count). The maximum absolute atomic E-state index is 10.2. The number of unbranched alkanes of at least 4 members (excludes halogenated alkanes) is 5. The molecule has 0 atom stereocenters. The smallest absolute Gasteiger partial charge is 0.145 e. The number of carbonyl (C=O) groups excluding carboxylic acids is 1. The van der Waals surface area contributed by atoms with E-state index in [1.54, 1.807) is 0 Å². The summed E-state index contributed by atoms with van der Waals surface area (Å²) in [6, 6.07) is 0. The van der Waals surface area contributed by atoms with E-state index in [-0.39, 0.29) is 0 Å². The van der Waals surface area contributed by atoms with Gasteiger partial charge in [0.05, 0.1) is 0 Å². The SMILES string of the molecule is CCCCCCCC=C(C)C=O. The first kappa shape index (κ1) is 11.4. The molecule has 0 saturated carbocycles. The van der Waals surface area contributed by atoms with E-state index in [0.29, 0.717) is 0 Å². The largest absolute Gasteiger partial charge is 0.298 e. The van der Waals surface area contributed by atoms with Gasteiger partial charge in [-0.2, -0.15) is 0 Å². The van der Waals surface area contributed by atoms with Crippen LogP contribution in [-0.2, 0) is 4.79 Å². The lowest BCUT2D eigenvalue weighted by atomic mass is 10.1. The van der Waals surface area contributed by atoms with E-state index in [4.69, 9.17) is 0 Å². The Bertz CT molecular complexity index is 136. The lowest BCUT2D eigenvalue weighted by Gasteiger charge is -1.96. The molecule has 0 aliphatic heterocycles. The molecule has 0 bridgehead atoms. The van der Waals surface area contributed by atoms with Crippen molar-refractivity contribution in [3.63, 3.8) is 0 Å². The van der Waals surface area contributed by atoms with Crippen LogP contribution >= 0.6 is 0 Å². The van der Waals surface area contributed by atoms with E-state index in [1.807, 2.05) is 13.0 Å². The Hall–Kier alpha value is -0.590. The average molecular weight is 168 g/mol. The highest BCUT2D eigenvalue weighted by molar-refractivity contribution is 5.71. The molecule has 0 aromatic heterocycles. The summed E-state index contributed by atoms with van der Waals surface area (Å²) in [6.45, 7) is 4.08. The molecule has 0 spiro atoms. The third-order valence-electron chi connectivity index (χ3n) is 1.96. The van der Waals surface area contributed by atoms with E-state index < -0.39 is 0 Å². The van der Waals surface area contributed by atoms with E-state index in [9.17, 15) is 4.79 Å². The van der Waals surface area contributed by atoms with Crippen LogP contribution < -0.4 is 0 Å². The van der Waals surface area contributed by atoms with Crippen molar-refractivity contribution in [3.8, 4) is 0 Å². The Labute approximate surface area is 75.9 Å². The Morgan fingerprint density at radius 1 is 1.17 bits per heavy atom. The van der Waals surface area contributed by atoms with Crippen LogP contribution in [0.1, 0.15) is 52.4 Å². The molecule has 12 heavy (non-hydrogen) atoms. The highest BCUT2D eigenvalue weighted by atomic mass is 16.1. The van der Waals surface area contributed by atoms with Crippen LogP contribution in [-0.4, -0.2) is 6.29 Å². The fourth-order valence-electron chi connectivity index (χ4n) is 1.13. The van der Waals surface area contributed by atoms with Crippen LogP contribution in [0, 0.1) is 0 Å². The molecule has 70 valence electrons. The van der Waals surface area contributed by atoms with Crippen LogP contribution in [0.4, 0.5) is 0 Å². The lowest BCUT2D eigenvalue weighted by Crippen LogP contribution is -1.79. The van der Waals surface area contributed by atoms with Crippen molar-refractivity contribution in [3.05, 3.63) is 11.6 Å². The van der Waals surface area contributed by atoms with Gasteiger partial charge in [-0.25, -0.2) is 0 Å². The molecule has 0 aliphatic carbocycles. The standard InChI is InChI=1S/C11H20O/c1-3-4-5-6-7-8-9-11(2)10-12/h9-10H,3-8H2,1-2H3. The van der Waals surface area contributed by atoms with Crippen molar-refractivity contribution >= 4 is 6.29 Å². The monoisotopic (exact) mass is 168 g/mol. The minimum atomic E-state index is 0.866. The zero-order valence-electron chi connectivity index (χ0n) is 8.31. The second kappa shape index (κ2) is 8.51. The fourth-order valence-corrected chi connectivity index (χ4v) is 1.13. The molecular weight excluding hydrogens is 148 g/mol. The Morgan fingerprint density at radius 2 is 1.83 bits per heavy atom. The third-order valence-corrected chi connectivity index (χ3v) is 1.96. The molecule has 0 radical (unpaired) electrons. The minimum Gasteiger partial charge on any atom is -0.298 e. The van der Waals surface area contributed by atoms with Crippen LogP contribution in [0.2, 0.25) is 0 Å². The number of rotatable bonds is 7. The van der Waals surface area contributed by atoms with E-state index in [1.165, 1.54) is 32.1 Å². The minimum absolute atomic E-state index is 0.866. The second-order valence-corrected chi connectivity index (χ2v) is 3.27. The normalized spacial score (nSPS) is 11.7. The first-order valence-corrected chi connectivity index (χ1v) is 4.93. The highest BCUT2D eigenvalue weighted by Gasteiger charge is 1.88. The first-order chi connectivity index (χ1) is 5.81. The second-order valence-electron chi connectivity index (χ2n) is 3.27. The van der Waals surface area contributed by atoms with Crippen LogP contribution in [0.25, 0.3) is 0 Å². The van der Waals surface area contributed by atoms with Crippen LogP contribution in [0.15, 0.2) is 11.6 Å². The van der Waals surface area contributed by atoms with E-state index in [2.05, 4.69) is 6.92 Å². The van der Waals surface area contributed by atoms with Crippen molar-refractivity contribution in [2.24, 2.45) is 0 Å². The van der Waals surface area contributed by atoms with Gasteiger partial charge in [-0.05, 0) is 25.3 Å². The van der Waals surface area contributed by atoms with Crippen LogP contribution in [0.5, 0.6) is 0 Å². The fraction of sp³-hybridized carbons (Fsp3) is 0.727. The quantitative estimate of drug-likeness (QED) is 0.323. The maximum atomic E-state index is 10.2. The number of aldehydes is 1. The summed E-state index contributed by atoms with van der Waals surface area (Å²) >= 11 is 0. The van der Waals surface area contributed by atoms with Gasteiger partial charge in [0.1, 0.15) is 6.29 Å². The van der Waals surface area contributed by atoms with Gasteiger partial charge in [-0.3, -0.25) is 4.79 Å². The molecule has 0 unspecified atom stereocenters. The van der Waals surface area contributed by atoms with Crippen LogP contribution in [0.3, 0.4) is 0 Å². The number of hydrogen-bond donors (Lipinski definition) is 0. The molecule has 0 heterocycles. The maximum Gasteiger partial charge on any atom is 0.145 e. The van der Waals surface area contributed by atoms with Gasteiger partial charge < -0.3 is 0 Å². The Morgan fingerprint density at radius 3 is 2.42 bits per heavy atom. The van der Waals surface area contributed by atoms with Gasteiger partial charge in [0, 0.05) is 0 Å². The number of hydrogen-bond acceptors (Lipinski definition) is 1. The average Bonchev–Trinajstić information content (AvgIpc) is 2.10. The predicted molar refractivity (Wildman–Crippen MR) is 53.2 cm³/mol. The lowest BCUT2D eigenvalue weighted by molar-refractivity contribution is -0.104. The van der Waals surface area contributed by atoms with Gasteiger partial charge in [-0.15, -0.1) is 0 Å². The molecule has 0 aromatic rings. The Kier molecular flexibility index (Phi) is 8.09. The van der Waals surface area contributed by atoms with Crippen molar-refractivity contribution < 1.29 is 4.79 Å². The zero-order chi connectivity index (χ0) is 9.23. The van der Waals surface area contributed by atoms with E-state index >= 15 is 0 Å². The topological polar surface area (TPSA) is 17.1 Å². The molecule has 0 fully saturated rings. The highest BCUT2D eigenvalue weighted by Crippen LogP contribution is 2.06. The van der Waals surface area contributed by atoms with Gasteiger partial charge in [0.15, 0.2) is 0 Å². The number of allylic oxidation sites excluding steroid dienone is 2. The molecule has 1 nitrogen and oxygen atoms in total. The summed E-state index contributed by atoms with van der Waals surface area (Å²) in [5.41, 5.74) is 0.866. The van der Waals surface area contributed by atoms with Gasteiger partial charge in [0.2, 0.25) is 0 Å². The summed E-state index contributed by atoms with van der Waals surface area (Å²) in [4.78, 5) is 10.2. The molecule has 0 amide bonds. The molecule has 1 heteroatoms. The summed E-state index contributed by atoms with van der Waals surface area (Å²) in [7, 11) is 0. The van der Waals surface area contributed by atoms with Crippen molar-refractivity contribution in [1.29, 1.82) is 0 Å². The molecular formula is C11H20O. The molecule has 0 aliphatic rings. The first-order valence-electron chi connectivity index (χ1n) is 4.93. The zero-order valence-corrected chi connectivity index (χ0v) is 8.31. The Balaban J connectivity index is 3.15. The van der Waals surface area contributed by atoms with E-state index in [0.717, 1.165) is 18.3 Å². The van der Waals surface area contributed by atoms with Crippen molar-refractivity contribution in [2.75, 3.05) is 0 Å². The van der Waals surface area contributed by atoms with Crippen molar-refractivity contribution in [1.82, 2.24) is 0 Å². The molecule has 0 saturated heterocycles. The summed E-state index contributed by atoms with van der Waals surface area (Å²) in [5.74, 6) is 0. The molecule has 0 aromatic carbocycles. The summed E-state index contributed by atoms with van der Waals surface area (Å²) in [6.07, 6.45) is 10.5. The van der Waals surface area contributed by atoms with Gasteiger partial charge in [-0.1, -0.05) is 38.7 Å². The summed E-state index contributed by atoms with van der Waals surface area (Å²) in [5, 5.41) is 0. The summed E-state index contributed by atoms with van der Waals surface area (Å²) < 4.78 is 0.